The maximum atomic E-state index is 12.0. The topological polar surface area (TPSA) is 65.5 Å². The summed E-state index contributed by atoms with van der Waals surface area (Å²) in [5.41, 5.74) is 4.92. The van der Waals surface area contributed by atoms with Gasteiger partial charge in [0.15, 0.2) is 0 Å². The summed E-state index contributed by atoms with van der Waals surface area (Å²) in [4.78, 5) is 16.2. The molecule has 0 bridgehead atoms. The number of aryl methyl sites for hydroxylation is 1. The maximum Gasteiger partial charge on any atom is 0.238 e. The number of aliphatic hydroxyl groups is 1. The number of nitrogens with one attached hydrogen (secondary N) is 1. The summed E-state index contributed by atoms with van der Waals surface area (Å²) in [7, 11) is 0. The highest BCUT2D eigenvalue weighted by Gasteiger charge is 2.26. The van der Waals surface area contributed by atoms with Crippen LogP contribution in [0.1, 0.15) is 49.3 Å². The van der Waals surface area contributed by atoms with Crippen molar-refractivity contribution in [3.05, 3.63) is 46.4 Å². The minimum Gasteiger partial charge on any atom is -0.388 e. The number of hydrogen-bond acceptors (Lipinski definition) is 5. The van der Waals surface area contributed by atoms with Crippen molar-refractivity contribution in [3.8, 4) is 0 Å². The standard InChI is InChI=1S/C19H25N3O2S/c1-14(23)22(21-11-3-6-18-20-12-13-25-18)17-9-7-16(8-10-17)19(24)15-4-2-5-15/h7-10,12-13,15,19,21,24H,2-6,11H2,1H3. The van der Waals surface area contributed by atoms with Gasteiger partial charge in [0, 0.05) is 31.5 Å². The number of anilines is 1. The van der Waals surface area contributed by atoms with Gasteiger partial charge in [-0.3, -0.25) is 4.79 Å². The molecule has 0 saturated heterocycles. The molecule has 1 saturated carbocycles. The molecule has 1 aliphatic rings. The molecule has 134 valence electrons. The van der Waals surface area contributed by atoms with Gasteiger partial charge in [0.2, 0.25) is 5.91 Å². The summed E-state index contributed by atoms with van der Waals surface area (Å²) in [6, 6.07) is 7.63. The molecular weight excluding hydrogens is 334 g/mol. The molecule has 1 atom stereocenters. The van der Waals surface area contributed by atoms with Gasteiger partial charge in [-0.2, -0.15) is 0 Å². The molecule has 1 aromatic heterocycles. The number of hydrogen-bond donors (Lipinski definition) is 2. The molecule has 1 fully saturated rings. The van der Waals surface area contributed by atoms with E-state index < -0.39 is 0 Å². The molecule has 1 heterocycles. The normalized spacial score (nSPS) is 15.6. The van der Waals surface area contributed by atoms with E-state index in [0.29, 0.717) is 12.5 Å². The number of hydrazine groups is 1. The van der Waals surface area contributed by atoms with Crippen LogP contribution >= 0.6 is 11.3 Å². The van der Waals surface area contributed by atoms with Gasteiger partial charge in [-0.25, -0.2) is 15.4 Å². The molecule has 6 heteroatoms. The molecule has 1 aromatic carbocycles. The number of thiazole rings is 1. The van der Waals surface area contributed by atoms with E-state index in [2.05, 4.69) is 10.4 Å². The second-order valence-electron chi connectivity index (χ2n) is 6.52. The third-order valence-corrected chi connectivity index (χ3v) is 5.56. The number of nitrogens with zero attached hydrogens (tertiary/aromatic N) is 2. The van der Waals surface area contributed by atoms with Crippen molar-refractivity contribution in [2.45, 2.75) is 45.1 Å². The third kappa shape index (κ3) is 4.66. The van der Waals surface area contributed by atoms with E-state index in [1.54, 1.807) is 23.3 Å². The molecule has 25 heavy (non-hydrogen) atoms. The number of aliphatic hydroxyl groups excluding tert-OH is 1. The predicted molar refractivity (Wildman–Crippen MR) is 100 cm³/mol. The van der Waals surface area contributed by atoms with Gasteiger partial charge in [-0.1, -0.05) is 18.6 Å². The minimum absolute atomic E-state index is 0.0541. The fourth-order valence-corrected chi connectivity index (χ4v) is 3.70. The predicted octanol–water partition coefficient (Wildman–Crippen LogP) is 3.47. The van der Waals surface area contributed by atoms with Crippen LogP contribution in [-0.4, -0.2) is 22.5 Å². The summed E-state index contributed by atoms with van der Waals surface area (Å²) < 4.78 is 0. The van der Waals surface area contributed by atoms with Gasteiger partial charge >= 0.3 is 0 Å². The third-order valence-electron chi connectivity index (χ3n) is 4.72. The maximum absolute atomic E-state index is 12.0. The Labute approximate surface area is 152 Å². The number of carbonyl (C=O) groups is 1. The minimum atomic E-state index is -0.389. The van der Waals surface area contributed by atoms with Gasteiger partial charge in [-0.05, 0) is 42.9 Å². The highest BCUT2D eigenvalue weighted by molar-refractivity contribution is 7.09. The zero-order valence-electron chi connectivity index (χ0n) is 14.5. The zero-order valence-corrected chi connectivity index (χ0v) is 15.3. The number of benzene rings is 1. The van der Waals surface area contributed by atoms with Crippen LogP contribution in [0.5, 0.6) is 0 Å². The molecule has 0 radical (unpaired) electrons. The first-order valence-corrected chi connectivity index (χ1v) is 9.73. The fourth-order valence-electron chi connectivity index (χ4n) is 3.04. The van der Waals surface area contributed by atoms with Crippen LogP contribution in [0.3, 0.4) is 0 Å². The Kier molecular flexibility index (Phi) is 6.18. The highest BCUT2D eigenvalue weighted by atomic mass is 32.1. The van der Waals surface area contributed by atoms with Gasteiger partial charge in [0.05, 0.1) is 16.8 Å². The average Bonchev–Trinajstić information content (AvgIpc) is 3.06. The van der Waals surface area contributed by atoms with E-state index in [4.69, 9.17) is 0 Å². The van der Waals surface area contributed by atoms with Crippen molar-refractivity contribution >= 4 is 22.9 Å². The van der Waals surface area contributed by atoms with Crippen LogP contribution in [0, 0.1) is 5.92 Å². The van der Waals surface area contributed by atoms with Crippen molar-refractivity contribution in [2.24, 2.45) is 5.92 Å². The van der Waals surface area contributed by atoms with E-state index in [9.17, 15) is 9.90 Å². The summed E-state index contributed by atoms with van der Waals surface area (Å²) in [5.74, 6) is 0.334. The second-order valence-corrected chi connectivity index (χ2v) is 7.50. The molecule has 1 aliphatic carbocycles. The Hall–Kier alpha value is -1.76. The first kappa shape index (κ1) is 18.0. The van der Waals surface area contributed by atoms with Crippen molar-refractivity contribution in [1.29, 1.82) is 0 Å². The lowest BCUT2D eigenvalue weighted by Gasteiger charge is -2.30. The van der Waals surface area contributed by atoms with E-state index in [0.717, 1.165) is 41.9 Å². The van der Waals surface area contributed by atoms with E-state index in [1.807, 2.05) is 35.8 Å². The molecular formula is C19H25N3O2S. The van der Waals surface area contributed by atoms with Crippen LogP contribution in [0.4, 0.5) is 5.69 Å². The summed E-state index contributed by atoms with van der Waals surface area (Å²) in [5, 5.41) is 15.0. The highest BCUT2D eigenvalue weighted by Crippen LogP contribution is 2.37. The number of rotatable bonds is 8. The molecule has 2 aromatic rings. The molecule has 1 unspecified atom stereocenters. The van der Waals surface area contributed by atoms with Crippen LogP contribution < -0.4 is 10.4 Å². The molecule has 5 nitrogen and oxygen atoms in total. The number of aromatic nitrogens is 1. The quantitative estimate of drug-likeness (QED) is 0.559. The van der Waals surface area contributed by atoms with Gasteiger partial charge in [0.1, 0.15) is 0 Å². The molecule has 2 N–H and O–H groups in total. The SMILES string of the molecule is CC(=O)N(NCCCc1nccs1)c1ccc(C(O)C2CCC2)cc1. The Balaban J connectivity index is 1.55. The summed E-state index contributed by atoms with van der Waals surface area (Å²) in [6.45, 7) is 2.25. The van der Waals surface area contributed by atoms with Crippen LogP contribution in [0.2, 0.25) is 0 Å². The van der Waals surface area contributed by atoms with E-state index >= 15 is 0 Å². The van der Waals surface area contributed by atoms with Crippen molar-refractivity contribution in [1.82, 2.24) is 10.4 Å². The largest absolute Gasteiger partial charge is 0.388 e. The average molecular weight is 359 g/mol. The van der Waals surface area contributed by atoms with Gasteiger partial charge in [-0.15, -0.1) is 11.3 Å². The first-order valence-electron chi connectivity index (χ1n) is 8.86. The van der Waals surface area contributed by atoms with Crippen LogP contribution in [0.25, 0.3) is 0 Å². The molecule has 0 spiro atoms. The zero-order chi connectivity index (χ0) is 17.6. The Morgan fingerprint density at radius 2 is 2.16 bits per heavy atom. The lowest BCUT2D eigenvalue weighted by molar-refractivity contribution is -0.117. The van der Waals surface area contributed by atoms with Crippen LogP contribution in [0.15, 0.2) is 35.8 Å². The monoisotopic (exact) mass is 359 g/mol. The van der Waals surface area contributed by atoms with E-state index in [1.165, 1.54) is 6.42 Å². The van der Waals surface area contributed by atoms with E-state index in [-0.39, 0.29) is 12.0 Å². The van der Waals surface area contributed by atoms with Crippen molar-refractivity contribution in [3.63, 3.8) is 0 Å². The fraction of sp³-hybridized carbons (Fsp3) is 0.474. The summed E-state index contributed by atoms with van der Waals surface area (Å²) in [6.07, 6.45) is 6.66. The Morgan fingerprint density at radius 3 is 2.72 bits per heavy atom. The lowest BCUT2D eigenvalue weighted by Crippen LogP contribution is -2.42. The summed E-state index contributed by atoms with van der Waals surface area (Å²) >= 11 is 1.65. The van der Waals surface area contributed by atoms with Crippen LogP contribution in [-0.2, 0) is 11.2 Å². The Bertz CT molecular complexity index is 668. The number of carbonyl (C=O) groups excluding carboxylic acids is 1. The Morgan fingerprint density at radius 1 is 1.40 bits per heavy atom. The van der Waals surface area contributed by atoms with Crippen molar-refractivity contribution in [2.75, 3.05) is 11.6 Å². The molecule has 3 rings (SSSR count). The smallest absolute Gasteiger partial charge is 0.238 e. The van der Waals surface area contributed by atoms with Crippen molar-refractivity contribution < 1.29 is 9.90 Å². The van der Waals surface area contributed by atoms with Gasteiger partial charge in [0.25, 0.3) is 0 Å². The second kappa shape index (κ2) is 8.56. The van der Waals surface area contributed by atoms with Gasteiger partial charge < -0.3 is 5.11 Å². The lowest BCUT2D eigenvalue weighted by atomic mass is 9.79. The number of amides is 1. The first-order chi connectivity index (χ1) is 12.1. The molecule has 0 aliphatic heterocycles. The molecule has 1 amide bonds.